The van der Waals surface area contributed by atoms with Crippen molar-refractivity contribution in [3.63, 3.8) is 0 Å². The molecular formula is C13H10BrClN4O2. The normalized spacial score (nSPS) is 11.2. The van der Waals surface area contributed by atoms with Crippen LogP contribution in [-0.4, -0.2) is 21.9 Å². The average Bonchev–Trinajstić information content (AvgIpc) is 2.49. The van der Waals surface area contributed by atoms with Crippen LogP contribution in [0.15, 0.2) is 46.2 Å². The Morgan fingerprint density at radius 2 is 2.14 bits per heavy atom. The number of nitrogens with two attached hydrogens (primary N) is 1. The van der Waals surface area contributed by atoms with Crippen LogP contribution in [0.3, 0.4) is 0 Å². The maximum atomic E-state index is 12.1. The zero-order valence-corrected chi connectivity index (χ0v) is 12.9. The van der Waals surface area contributed by atoms with E-state index in [2.05, 4.69) is 31.4 Å². The summed E-state index contributed by atoms with van der Waals surface area (Å²) in [6.45, 7) is 0. The Balaban J connectivity index is 2.17. The molecule has 0 spiro atoms. The van der Waals surface area contributed by atoms with Crippen molar-refractivity contribution >= 4 is 45.0 Å². The van der Waals surface area contributed by atoms with Crippen LogP contribution in [0, 0.1) is 0 Å². The summed E-state index contributed by atoms with van der Waals surface area (Å²) in [6.07, 6.45) is 1.35. The van der Waals surface area contributed by atoms with Gasteiger partial charge < -0.3 is 16.3 Å². The first-order valence-electron chi connectivity index (χ1n) is 5.71. The van der Waals surface area contributed by atoms with Gasteiger partial charge in [0, 0.05) is 21.3 Å². The average molecular weight is 370 g/mol. The number of nitrogens with zero attached hydrogens (tertiary/aromatic N) is 2. The highest BCUT2D eigenvalue weighted by Crippen LogP contribution is 2.26. The van der Waals surface area contributed by atoms with E-state index in [1.54, 1.807) is 18.2 Å². The smallest absolute Gasteiger partial charge is 0.274 e. The highest BCUT2D eigenvalue weighted by atomic mass is 79.9. The number of pyridine rings is 1. The van der Waals surface area contributed by atoms with E-state index in [0.717, 1.165) is 0 Å². The molecule has 2 rings (SSSR count). The molecule has 0 aliphatic carbocycles. The summed E-state index contributed by atoms with van der Waals surface area (Å²) >= 11 is 9.14. The van der Waals surface area contributed by atoms with Crippen LogP contribution in [0.25, 0.3) is 0 Å². The second-order valence-electron chi connectivity index (χ2n) is 4.00. The maximum absolute atomic E-state index is 12.1. The van der Waals surface area contributed by atoms with Gasteiger partial charge in [-0.3, -0.25) is 9.78 Å². The summed E-state index contributed by atoms with van der Waals surface area (Å²) in [7, 11) is 0. The number of halogens is 2. The molecular weight excluding hydrogens is 360 g/mol. The quantitative estimate of drug-likeness (QED) is 0.335. The molecule has 0 saturated heterocycles. The van der Waals surface area contributed by atoms with E-state index in [1.807, 2.05) is 0 Å². The van der Waals surface area contributed by atoms with Gasteiger partial charge in [-0.05, 0) is 46.3 Å². The number of oxime groups is 1. The number of amides is 1. The van der Waals surface area contributed by atoms with Crippen molar-refractivity contribution in [2.75, 3.05) is 5.32 Å². The Kier molecular flexibility index (Phi) is 4.77. The number of nitrogens with one attached hydrogen (secondary N) is 1. The Morgan fingerprint density at radius 3 is 2.71 bits per heavy atom. The molecule has 0 fully saturated rings. The Bertz CT molecular complexity index is 704. The van der Waals surface area contributed by atoms with Gasteiger partial charge in [0.05, 0.1) is 5.69 Å². The number of benzene rings is 1. The molecule has 0 bridgehead atoms. The number of carbonyl (C=O) groups excluding carboxylic acids is 1. The van der Waals surface area contributed by atoms with Gasteiger partial charge in [-0.25, -0.2) is 0 Å². The molecule has 4 N–H and O–H groups in total. The number of aromatic nitrogens is 1. The molecule has 1 aromatic heterocycles. The number of carbonyl (C=O) groups is 1. The van der Waals surface area contributed by atoms with Gasteiger partial charge in [0.2, 0.25) is 0 Å². The van der Waals surface area contributed by atoms with Crippen LogP contribution in [0.2, 0.25) is 5.02 Å². The van der Waals surface area contributed by atoms with Gasteiger partial charge in [0.15, 0.2) is 5.84 Å². The topological polar surface area (TPSA) is 101 Å². The molecule has 2 aromatic rings. The highest BCUT2D eigenvalue weighted by Gasteiger charge is 2.10. The largest absolute Gasteiger partial charge is 0.409 e. The molecule has 1 aromatic carbocycles. The lowest BCUT2D eigenvalue weighted by atomic mass is 10.2. The van der Waals surface area contributed by atoms with Crippen LogP contribution in [0.4, 0.5) is 5.69 Å². The summed E-state index contributed by atoms with van der Waals surface area (Å²) < 4.78 is 0.664. The van der Waals surface area contributed by atoms with Crippen molar-refractivity contribution in [2.24, 2.45) is 10.9 Å². The van der Waals surface area contributed by atoms with Gasteiger partial charge in [-0.1, -0.05) is 16.8 Å². The predicted molar refractivity (Wildman–Crippen MR) is 83.9 cm³/mol. The number of hydrogen-bond acceptors (Lipinski definition) is 4. The minimum atomic E-state index is -0.385. The van der Waals surface area contributed by atoms with Crippen molar-refractivity contribution in [3.8, 4) is 0 Å². The molecule has 0 saturated carbocycles. The maximum Gasteiger partial charge on any atom is 0.274 e. The molecule has 6 nitrogen and oxygen atoms in total. The molecule has 21 heavy (non-hydrogen) atoms. The first-order chi connectivity index (χ1) is 10.0. The first kappa shape index (κ1) is 15.3. The summed E-state index contributed by atoms with van der Waals surface area (Å²) in [5.41, 5.74) is 6.61. The summed E-state index contributed by atoms with van der Waals surface area (Å²) in [6, 6.07) is 8.03. The van der Waals surface area contributed by atoms with Gasteiger partial charge in [-0.2, -0.15) is 0 Å². The Morgan fingerprint density at radius 1 is 1.38 bits per heavy atom. The van der Waals surface area contributed by atoms with Gasteiger partial charge >= 0.3 is 0 Å². The van der Waals surface area contributed by atoms with Crippen molar-refractivity contribution in [1.82, 2.24) is 4.98 Å². The van der Waals surface area contributed by atoms with E-state index in [0.29, 0.717) is 20.7 Å². The Labute approximate surface area is 133 Å². The second kappa shape index (κ2) is 6.55. The van der Waals surface area contributed by atoms with Crippen molar-refractivity contribution in [3.05, 3.63) is 57.3 Å². The number of hydrogen-bond donors (Lipinski definition) is 3. The Hall–Kier alpha value is -2.12. The monoisotopic (exact) mass is 368 g/mol. The van der Waals surface area contributed by atoms with E-state index >= 15 is 0 Å². The number of rotatable bonds is 3. The molecule has 0 atom stereocenters. The first-order valence-corrected chi connectivity index (χ1v) is 6.88. The van der Waals surface area contributed by atoms with E-state index in [9.17, 15) is 4.79 Å². The molecule has 108 valence electrons. The van der Waals surface area contributed by atoms with E-state index in [4.69, 9.17) is 22.5 Å². The fourth-order valence-corrected chi connectivity index (χ4v) is 2.30. The fraction of sp³-hybridized carbons (Fsp3) is 0. The molecule has 0 aliphatic rings. The van der Waals surface area contributed by atoms with Crippen LogP contribution in [-0.2, 0) is 0 Å². The van der Waals surface area contributed by atoms with Crippen LogP contribution >= 0.6 is 27.5 Å². The standard InChI is InChI=1S/C13H10BrClN4O2/c14-9-5-8(15)2-4-10(9)18-13(20)11-3-1-7(6-17-11)12(16)19-21/h1-6,21H,(H2,16,19)(H,18,20). The molecule has 0 unspecified atom stereocenters. The molecule has 1 amide bonds. The molecule has 0 aliphatic heterocycles. The zero-order valence-electron chi connectivity index (χ0n) is 10.5. The number of amidine groups is 1. The lowest BCUT2D eigenvalue weighted by Gasteiger charge is -2.07. The van der Waals surface area contributed by atoms with Crippen LogP contribution in [0.1, 0.15) is 16.1 Å². The summed E-state index contributed by atoms with van der Waals surface area (Å²) in [5.74, 6) is -0.459. The van der Waals surface area contributed by atoms with Crippen molar-refractivity contribution in [1.29, 1.82) is 0 Å². The van der Waals surface area contributed by atoms with Gasteiger partial charge in [-0.15, -0.1) is 0 Å². The lowest BCUT2D eigenvalue weighted by Crippen LogP contribution is -2.16. The number of anilines is 1. The van der Waals surface area contributed by atoms with Crippen molar-refractivity contribution < 1.29 is 10.0 Å². The van der Waals surface area contributed by atoms with E-state index in [-0.39, 0.29) is 17.4 Å². The third kappa shape index (κ3) is 3.71. The fourth-order valence-electron chi connectivity index (χ4n) is 1.51. The van der Waals surface area contributed by atoms with Gasteiger partial charge in [0.25, 0.3) is 5.91 Å². The van der Waals surface area contributed by atoms with Crippen molar-refractivity contribution in [2.45, 2.75) is 0 Å². The van der Waals surface area contributed by atoms with Gasteiger partial charge in [0.1, 0.15) is 5.69 Å². The van der Waals surface area contributed by atoms with E-state index < -0.39 is 0 Å². The third-order valence-corrected chi connectivity index (χ3v) is 3.47. The minimum Gasteiger partial charge on any atom is -0.409 e. The SMILES string of the molecule is N/C(=N/O)c1ccc(C(=O)Nc2ccc(Cl)cc2Br)nc1. The zero-order chi connectivity index (χ0) is 15.4. The van der Waals surface area contributed by atoms with Crippen LogP contribution < -0.4 is 11.1 Å². The summed E-state index contributed by atoms with van der Waals surface area (Å²) in [5, 5.41) is 14.7. The minimum absolute atomic E-state index is 0.0742. The van der Waals surface area contributed by atoms with E-state index in [1.165, 1.54) is 18.3 Å². The lowest BCUT2D eigenvalue weighted by molar-refractivity contribution is 0.102. The highest BCUT2D eigenvalue weighted by molar-refractivity contribution is 9.10. The molecule has 8 heteroatoms. The summed E-state index contributed by atoms with van der Waals surface area (Å²) in [4.78, 5) is 16.0. The molecule has 1 heterocycles. The van der Waals surface area contributed by atoms with Crippen LogP contribution in [0.5, 0.6) is 0 Å². The second-order valence-corrected chi connectivity index (χ2v) is 5.29. The third-order valence-electron chi connectivity index (χ3n) is 2.58. The predicted octanol–water partition coefficient (Wildman–Crippen LogP) is 2.84. The molecule has 0 radical (unpaired) electrons.